The highest BCUT2D eigenvalue weighted by Gasteiger charge is 2.03. The Hall–Kier alpha value is -1.94. The van der Waals surface area contributed by atoms with Gasteiger partial charge in [-0.15, -0.1) is 0 Å². The van der Waals surface area contributed by atoms with Gasteiger partial charge in [-0.2, -0.15) is 0 Å². The van der Waals surface area contributed by atoms with Crippen molar-refractivity contribution in [3.05, 3.63) is 59.2 Å². The van der Waals surface area contributed by atoms with Crippen LogP contribution < -0.4 is 10.1 Å². The first kappa shape index (κ1) is 14.5. The second-order valence-electron chi connectivity index (χ2n) is 4.60. The van der Waals surface area contributed by atoms with Gasteiger partial charge in [-0.05, 0) is 37.2 Å². The molecular weight excluding hydrogens is 255 g/mol. The number of aryl methyl sites for hydroxylation is 1. The van der Waals surface area contributed by atoms with Gasteiger partial charge in [0.15, 0.2) is 0 Å². The van der Waals surface area contributed by atoms with Gasteiger partial charge in [0.25, 0.3) is 0 Å². The fraction of sp³-hybridized carbons (Fsp3) is 0.312. The number of rotatable bonds is 6. The van der Waals surface area contributed by atoms with Crippen molar-refractivity contribution in [2.45, 2.75) is 27.0 Å². The van der Waals surface area contributed by atoms with Crippen molar-refractivity contribution in [1.29, 1.82) is 0 Å². The third kappa shape index (κ3) is 4.03. The fourth-order valence-corrected chi connectivity index (χ4v) is 1.84. The van der Waals surface area contributed by atoms with Crippen LogP contribution in [0.15, 0.2) is 36.4 Å². The highest BCUT2D eigenvalue weighted by molar-refractivity contribution is 5.32. The molecule has 20 heavy (non-hydrogen) atoms. The topological polar surface area (TPSA) is 34.1 Å². The van der Waals surface area contributed by atoms with E-state index in [9.17, 15) is 4.39 Å². The third-order valence-corrected chi connectivity index (χ3v) is 2.95. The van der Waals surface area contributed by atoms with Crippen molar-refractivity contribution >= 4 is 0 Å². The van der Waals surface area contributed by atoms with Crippen molar-refractivity contribution in [2.75, 3.05) is 6.54 Å². The van der Waals surface area contributed by atoms with Crippen LogP contribution in [0.3, 0.4) is 0 Å². The van der Waals surface area contributed by atoms with E-state index < -0.39 is 0 Å². The minimum Gasteiger partial charge on any atom is -0.487 e. The normalized spacial score (nSPS) is 10.6. The van der Waals surface area contributed by atoms with Crippen LogP contribution in [0.25, 0.3) is 0 Å². The number of hydrogen-bond acceptors (Lipinski definition) is 3. The van der Waals surface area contributed by atoms with Crippen molar-refractivity contribution < 1.29 is 9.13 Å². The molecule has 1 aromatic carbocycles. The molecular formula is C16H19FN2O. The molecule has 0 saturated carbocycles. The quantitative estimate of drug-likeness (QED) is 0.878. The maximum atomic E-state index is 13.2. The Balaban J connectivity index is 2.01. The molecule has 0 fully saturated rings. The van der Waals surface area contributed by atoms with E-state index in [0.29, 0.717) is 12.4 Å². The fourth-order valence-electron chi connectivity index (χ4n) is 1.84. The lowest BCUT2D eigenvalue weighted by Crippen LogP contribution is -2.13. The van der Waals surface area contributed by atoms with Crippen molar-refractivity contribution in [2.24, 2.45) is 0 Å². The van der Waals surface area contributed by atoms with Crippen molar-refractivity contribution in [3.63, 3.8) is 0 Å². The number of nitrogens with one attached hydrogen (secondary N) is 1. The predicted octanol–water partition coefficient (Wildman–Crippen LogP) is 3.22. The number of benzene rings is 1. The Kier molecular flexibility index (Phi) is 5.07. The maximum absolute atomic E-state index is 13.2. The van der Waals surface area contributed by atoms with Gasteiger partial charge in [0.05, 0.1) is 11.4 Å². The van der Waals surface area contributed by atoms with Crippen LogP contribution in [0.2, 0.25) is 0 Å². The first-order chi connectivity index (χ1) is 9.69. The summed E-state index contributed by atoms with van der Waals surface area (Å²) in [6.45, 7) is 5.93. The summed E-state index contributed by atoms with van der Waals surface area (Å²) in [6, 6.07) is 10.4. The first-order valence-corrected chi connectivity index (χ1v) is 6.73. The van der Waals surface area contributed by atoms with E-state index in [1.54, 1.807) is 6.07 Å². The van der Waals surface area contributed by atoms with E-state index >= 15 is 0 Å². The SMILES string of the molecule is CCNCc1cccc(COc2cc(F)ccc2C)n1. The van der Waals surface area contributed by atoms with E-state index in [-0.39, 0.29) is 5.82 Å². The van der Waals surface area contributed by atoms with Crippen molar-refractivity contribution in [1.82, 2.24) is 10.3 Å². The molecule has 0 atom stereocenters. The summed E-state index contributed by atoms with van der Waals surface area (Å²) in [5.74, 6) is 0.267. The van der Waals surface area contributed by atoms with Gasteiger partial charge in [-0.3, -0.25) is 4.98 Å². The van der Waals surface area contributed by atoms with Crippen LogP contribution in [-0.2, 0) is 13.2 Å². The minimum atomic E-state index is -0.292. The predicted molar refractivity (Wildman–Crippen MR) is 77.1 cm³/mol. The second-order valence-corrected chi connectivity index (χ2v) is 4.60. The van der Waals surface area contributed by atoms with Crippen molar-refractivity contribution in [3.8, 4) is 5.75 Å². The molecule has 0 aliphatic rings. The molecule has 0 bridgehead atoms. The van der Waals surface area contributed by atoms with E-state index in [4.69, 9.17) is 4.74 Å². The van der Waals surface area contributed by atoms with E-state index in [2.05, 4.69) is 17.2 Å². The molecule has 3 nitrogen and oxygen atoms in total. The molecule has 106 valence electrons. The summed E-state index contributed by atoms with van der Waals surface area (Å²) >= 11 is 0. The smallest absolute Gasteiger partial charge is 0.130 e. The summed E-state index contributed by atoms with van der Waals surface area (Å²) in [4.78, 5) is 4.50. The highest BCUT2D eigenvalue weighted by atomic mass is 19.1. The molecule has 0 radical (unpaired) electrons. The number of hydrogen-bond donors (Lipinski definition) is 1. The number of nitrogens with zero attached hydrogens (tertiary/aromatic N) is 1. The lowest BCUT2D eigenvalue weighted by atomic mass is 10.2. The highest BCUT2D eigenvalue weighted by Crippen LogP contribution is 2.19. The molecule has 0 amide bonds. The molecule has 0 aliphatic carbocycles. The van der Waals surface area contributed by atoms with E-state index in [0.717, 1.165) is 30.0 Å². The van der Waals surface area contributed by atoms with E-state index in [1.165, 1.54) is 12.1 Å². The summed E-state index contributed by atoms with van der Waals surface area (Å²) < 4.78 is 18.8. The average molecular weight is 274 g/mol. The Labute approximate surface area is 118 Å². The van der Waals surface area contributed by atoms with Crippen LogP contribution in [0.5, 0.6) is 5.75 Å². The standard InChI is InChI=1S/C16H19FN2O/c1-3-18-10-14-5-4-6-15(19-14)11-20-16-9-13(17)8-7-12(16)2/h4-9,18H,3,10-11H2,1-2H3. The Morgan fingerprint density at radius 2 is 2.00 bits per heavy atom. The molecule has 1 aromatic heterocycles. The molecule has 2 aromatic rings. The number of aromatic nitrogens is 1. The van der Waals surface area contributed by atoms with E-state index in [1.807, 2.05) is 25.1 Å². The number of ether oxygens (including phenoxy) is 1. The molecule has 1 N–H and O–H groups in total. The van der Waals surface area contributed by atoms with Crippen LogP contribution in [-0.4, -0.2) is 11.5 Å². The van der Waals surface area contributed by atoms with Crippen LogP contribution in [0.1, 0.15) is 23.9 Å². The van der Waals surface area contributed by atoms with Gasteiger partial charge >= 0.3 is 0 Å². The largest absolute Gasteiger partial charge is 0.487 e. The molecule has 4 heteroatoms. The Morgan fingerprint density at radius 1 is 1.20 bits per heavy atom. The Morgan fingerprint density at radius 3 is 2.80 bits per heavy atom. The van der Waals surface area contributed by atoms with Crippen LogP contribution >= 0.6 is 0 Å². The molecule has 1 heterocycles. The maximum Gasteiger partial charge on any atom is 0.130 e. The monoisotopic (exact) mass is 274 g/mol. The molecule has 0 spiro atoms. The molecule has 0 saturated heterocycles. The lowest BCUT2D eigenvalue weighted by Gasteiger charge is -2.10. The summed E-state index contributed by atoms with van der Waals surface area (Å²) in [6.07, 6.45) is 0. The van der Waals surface area contributed by atoms with Gasteiger partial charge in [0.2, 0.25) is 0 Å². The van der Waals surface area contributed by atoms with Gasteiger partial charge in [-0.1, -0.05) is 19.1 Å². The first-order valence-electron chi connectivity index (χ1n) is 6.73. The summed E-state index contributed by atoms with van der Waals surface area (Å²) in [5, 5.41) is 3.23. The molecule has 0 aliphatic heterocycles. The Bertz CT molecular complexity index is 572. The van der Waals surface area contributed by atoms with Gasteiger partial charge in [-0.25, -0.2) is 4.39 Å². The number of halogens is 1. The zero-order valence-corrected chi connectivity index (χ0v) is 11.8. The molecule has 0 unspecified atom stereocenters. The van der Waals surface area contributed by atoms with Gasteiger partial charge in [0, 0.05) is 12.6 Å². The minimum absolute atomic E-state index is 0.292. The second kappa shape index (κ2) is 7.01. The van der Waals surface area contributed by atoms with Gasteiger partial charge < -0.3 is 10.1 Å². The van der Waals surface area contributed by atoms with Crippen LogP contribution in [0.4, 0.5) is 4.39 Å². The molecule has 2 rings (SSSR count). The van der Waals surface area contributed by atoms with Crippen LogP contribution in [0, 0.1) is 12.7 Å². The summed E-state index contributed by atoms with van der Waals surface area (Å²) in [5.41, 5.74) is 2.73. The average Bonchev–Trinajstić information content (AvgIpc) is 2.46. The third-order valence-electron chi connectivity index (χ3n) is 2.95. The number of pyridine rings is 1. The lowest BCUT2D eigenvalue weighted by molar-refractivity contribution is 0.297. The zero-order valence-electron chi connectivity index (χ0n) is 11.8. The summed E-state index contributed by atoms with van der Waals surface area (Å²) in [7, 11) is 0. The zero-order chi connectivity index (χ0) is 14.4. The van der Waals surface area contributed by atoms with Gasteiger partial charge in [0.1, 0.15) is 18.2 Å².